The average molecular weight is 304 g/mol. The summed E-state index contributed by atoms with van der Waals surface area (Å²) in [5.74, 6) is -9.75. The smallest absolute Gasteiger partial charge is 0.200 e. The number of hydrogen-bond acceptors (Lipinski definition) is 0. The van der Waals surface area contributed by atoms with Crippen LogP contribution >= 0.6 is 0 Å². The van der Waals surface area contributed by atoms with Crippen molar-refractivity contribution in [2.45, 2.75) is 46.0 Å². The minimum absolute atomic E-state index is 0.0595. The van der Waals surface area contributed by atoms with E-state index in [1.54, 1.807) is 0 Å². The van der Waals surface area contributed by atoms with Crippen LogP contribution in [-0.4, -0.2) is 0 Å². The van der Waals surface area contributed by atoms with Gasteiger partial charge in [-0.3, -0.25) is 0 Å². The van der Waals surface area contributed by atoms with E-state index in [1.165, 1.54) is 0 Å². The van der Waals surface area contributed by atoms with E-state index in [-0.39, 0.29) is 16.7 Å². The Balaban J connectivity index is 2.16. The van der Waals surface area contributed by atoms with Crippen molar-refractivity contribution in [2.24, 2.45) is 16.7 Å². The maximum Gasteiger partial charge on any atom is 0.200 e. The molecule has 2 bridgehead atoms. The molecule has 0 saturated heterocycles. The largest absolute Gasteiger partial charge is 0.203 e. The van der Waals surface area contributed by atoms with Crippen LogP contribution in [0.15, 0.2) is 0 Å². The first-order chi connectivity index (χ1) is 9.62. The molecule has 2 aliphatic rings. The van der Waals surface area contributed by atoms with E-state index in [0.29, 0.717) is 6.42 Å². The molecule has 3 rings (SSSR count). The van der Waals surface area contributed by atoms with Gasteiger partial charge in [-0.15, -0.1) is 0 Å². The molecule has 2 saturated carbocycles. The fourth-order valence-electron chi connectivity index (χ4n) is 4.55. The molecule has 3 unspecified atom stereocenters. The molecule has 0 nitrogen and oxygen atoms in total. The molecule has 21 heavy (non-hydrogen) atoms. The fourth-order valence-corrected chi connectivity index (χ4v) is 4.55. The molecular formula is C16H17F5. The van der Waals surface area contributed by atoms with Gasteiger partial charge in [0.1, 0.15) is 0 Å². The van der Waals surface area contributed by atoms with Crippen molar-refractivity contribution < 1.29 is 22.0 Å². The third kappa shape index (κ3) is 1.66. The van der Waals surface area contributed by atoms with Crippen LogP contribution in [0, 0.1) is 45.8 Å². The second-order valence-corrected chi connectivity index (χ2v) is 7.22. The highest BCUT2D eigenvalue weighted by molar-refractivity contribution is 5.32. The van der Waals surface area contributed by atoms with Gasteiger partial charge in [-0.25, -0.2) is 22.0 Å². The first-order valence-electron chi connectivity index (χ1n) is 7.13. The lowest BCUT2D eigenvalue weighted by atomic mass is 9.71. The number of hydrogen-bond donors (Lipinski definition) is 0. The summed E-state index contributed by atoms with van der Waals surface area (Å²) in [5, 5.41) is 0. The summed E-state index contributed by atoms with van der Waals surface area (Å²) in [5.41, 5.74) is -0.909. The van der Waals surface area contributed by atoms with Crippen molar-refractivity contribution in [3.63, 3.8) is 0 Å². The van der Waals surface area contributed by atoms with E-state index in [9.17, 15) is 22.0 Å². The third-order valence-electron chi connectivity index (χ3n) is 6.26. The first kappa shape index (κ1) is 14.8. The minimum Gasteiger partial charge on any atom is -0.203 e. The van der Waals surface area contributed by atoms with Crippen molar-refractivity contribution in [2.75, 3.05) is 0 Å². The van der Waals surface area contributed by atoms with Crippen LogP contribution < -0.4 is 0 Å². The summed E-state index contributed by atoms with van der Waals surface area (Å²) in [6.07, 6.45) is 2.15. The molecular weight excluding hydrogens is 287 g/mol. The van der Waals surface area contributed by atoms with Gasteiger partial charge in [-0.1, -0.05) is 20.8 Å². The second kappa shape index (κ2) is 4.20. The number of halogens is 5. The standard InChI is InChI=1S/C16H17F5/c1-15(2)8-4-5-16(15,3)6-7(8)9-10(17)12(19)14(21)13(20)11(9)18/h7-8H,4-6H2,1-3H3. The Bertz CT molecular complexity index is 590. The number of benzene rings is 1. The molecule has 0 amide bonds. The van der Waals surface area contributed by atoms with Crippen LogP contribution in [0.2, 0.25) is 0 Å². The Kier molecular flexibility index (Phi) is 2.96. The molecule has 2 fully saturated rings. The van der Waals surface area contributed by atoms with Gasteiger partial charge in [0.25, 0.3) is 0 Å². The summed E-state index contributed by atoms with van der Waals surface area (Å²) < 4.78 is 68.1. The molecule has 3 atom stereocenters. The van der Waals surface area contributed by atoms with Gasteiger partial charge in [0.15, 0.2) is 23.3 Å². The SMILES string of the molecule is CC12CCC(C(c3c(F)c(F)c(F)c(F)c3F)C1)C2(C)C. The van der Waals surface area contributed by atoms with Crippen molar-refractivity contribution in [1.29, 1.82) is 0 Å². The molecule has 0 aliphatic heterocycles. The summed E-state index contributed by atoms with van der Waals surface area (Å²) >= 11 is 0. The zero-order valence-electron chi connectivity index (χ0n) is 12.2. The second-order valence-electron chi connectivity index (χ2n) is 7.22. The molecule has 5 heteroatoms. The van der Waals surface area contributed by atoms with Crippen molar-refractivity contribution >= 4 is 0 Å². The molecule has 0 radical (unpaired) electrons. The lowest BCUT2D eigenvalue weighted by Crippen LogP contribution is -2.26. The van der Waals surface area contributed by atoms with Crippen LogP contribution in [0.5, 0.6) is 0 Å². The lowest BCUT2D eigenvalue weighted by Gasteiger charge is -2.34. The molecule has 0 aromatic heterocycles. The highest BCUT2D eigenvalue weighted by Crippen LogP contribution is 2.70. The Morgan fingerprint density at radius 2 is 1.29 bits per heavy atom. The van der Waals surface area contributed by atoms with Gasteiger partial charge < -0.3 is 0 Å². The van der Waals surface area contributed by atoms with Gasteiger partial charge in [-0.2, -0.15) is 0 Å². The topological polar surface area (TPSA) is 0 Å². The Labute approximate surface area is 120 Å². The van der Waals surface area contributed by atoms with E-state index in [0.717, 1.165) is 12.8 Å². The Morgan fingerprint density at radius 1 is 0.810 bits per heavy atom. The summed E-state index contributed by atoms with van der Waals surface area (Å²) in [6, 6.07) is 0. The highest BCUT2D eigenvalue weighted by Gasteiger charge is 2.61. The predicted octanol–water partition coefficient (Wildman–Crippen LogP) is 5.31. The van der Waals surface area contributed by atoms with Gasteiger partial charge >= 0.3 is 0 Å². The van der Waals surface area contributed by atoms with E-state index in [1.807, 2.05) is 20.8 Å². The van der Waals surface area contributed by atoms with E-state index in [4.69, 9.17) is 0 Å². The monoisotopic (exact) mass is 304 g/mol. The van der Waals surface area contributed by atoms with E-state index >= 15 is 0 Å². The fraction of sp³-hybridized carbons (Fsp3) is 0.625. The first-order valence-corrected chi connectivity index (χ1v) is 7.13. The maximum absolute atomic E-state index is 14.0. The highest BCUT2D eigenvalue weighted by atomic mass is 19.2. The molecule has 0 N–H and O–H groups in total. The van der Waals surface area contributed by atoms with Crippen molar-refractivity contribution in [3.05, 3.63) is 34.6 Å². The van der Waals surface area contributed by atoms with Gasteiger partial charge in [0.2, 0.25) is 5.82 Å². The summed E-state index contributed by atoms with van der Waals surface area (Å²) in [4.78, 5) is 0. The zero-order valence-corrected chi connectivity index (χ0v) is 12.2. The summed E-state index contributed by atoms with van der Waals surface area (Å²) in [6.45, 7) is 6.09. The Morgan fingerprint density at radius 3 is 1.67 bits per heavy atom. The van der Waals surface area contributed by atoms with Gasteiger partial charge in [0.05, 0.1) is 0 Å². The van der Waals surface area contributed by atoms with Crippen molar-refractivity contribution in [1.82, 2.24) is 0 Å². The molecule has 0 spiro atoms. The molecule has 2 aliphatic carbocycles. The van der Waals surface area contributed by atoms with Crippen LogP contribution in [-0.2, 0) is 0 Å². The van der Waals surface area contributed by atoms with E-state index in [2.05, 4.69) is 0 Å². The molecule has 116 valence electrons. The van der Waals surface area contributed by atoms with Gasteiger partial charge in [-0.05, 0) is 41.9 Å². The quantitative estimate of drug-likeness (QED) is 0.374. The molecule has 1 aromatic rings. The molecule has 0 heterocycles. The zero-order chi connectivity index (χ0) is 15.7. The van der Waals surface area contributed by atoms with Crippen molar-refractivity contribution in [3.8, 4) is 0 Å². The maximum atomic E-state index is 14.0. The predicted molar refractivity (Wildman–Crippen MR) is 68.2 cm³/mol. The third-order valence-corrected chi connectivity index (χ3v) is 6.26. The molecule has 1 aromatic carbocycles. The normalized spacial score (nSPS) is 33.7. The van der Waals surface area contributed by atoms with Gasteiger partial charge in [0, 0.05) is 5.56 Å². The van der Waals surface area contributed by atoms with Crippen LogP contribution in [0.3, 0.4) is 0 Å². The van der Waals surface area contributed by atoms with E-state index < -0.39 is 40.6 Å². The van der Waals surface area contributed by atoms with Crippen LogP contribution in [0.1, 0.15) is 51.5 Å². The minimum atomic E-state index is -2.08. The Hall–Kier alpha value is -1.13. The summed E-state index contributed by atoms with van der Waals surface area (Å²) in [7, 11) is 0. The lowest BCUT2D eigenvalue weighted by molar-refractivity contribution is 0.152. The van der Waals surface area contributed by atoms with Crippen LogP contribution in [0.4, 0.5) is 22.0 Å². The van der Waals surface area contributed by atoms with Crippen LogP contribution in [0.25, 0.3) is 0 Å². The number of rotatable bonds is 1. The number of fused-ring (bicyclic) bond motifs is 2. The average Bonchev–Trinajstić information content (AvgIpc) is 2.75.